The molecule has 0 aliphatic carbocycles. The molecular formula is C28H23F2N5O2. The van der Waals surface area contributed by atoms with Gasteiger partial charge in [0.15, 0.2) is 5.76 Å². The number of nitrogens with zero attached hydrogens (tertiary/aromatic N) is 5. The van der Waals surface area contributed by atoms with Crippen LogP contribution in [0.25, 0.3) is 22.8 Å². The maximum atomic E-state index is 13.7. The minimum atomic E-state index is -0.557. The van der Waals surface area contributed by atoms with E-state index < -0.39 is 11.9 Å². The van der Waals surface area contributed by atoms with Crippen LogP contribution >= 0.6 is 0 Å². The molecule has 0 atom stereocenters. The lowest BCUT2D eigenvalue weighted by Gasteiger charge is -2.21. The van der Waals surface area contributed by atoms with Gasteiger partial charge in [0.2, 0.25) is 17.8 Å². The predicted octanol–water partition coefficient (Wildman–Crippen LogP) is 5.68. The molecule has 0 aliphatic rings. The van der Waals surface area contributed by atoms with Crippen LogP contribution in [0.4, 0.5) is 8.78 Å². The van der Waals surface area contributed by atoms with Gasteiger partial charge in [-0.3, -0.25) is 9.88 Å². The Kier molecular flexibility index (Phi) is 7.23. The Morgan fingerprint density at radius 1 is 0.757 bits per heavy atom. The first kappa shape index (κ1) is 24.2. The van der Waals surface area contributed by atoms with Gasteiger partial charge in [0.05, 0.1) is 30.4 Å². The van der Waals surface area contributed by atoms with Crippen molar-refractivity contribution in [2.45, 2.75) is 19.6 Å². The monoisotopic (exact) mass is 499 g/mol. The molecule has 0 aliphatic heterocycles. The van der Waals surface area contributed by atoms with Crippen molar-refractivity contribution in [1.82, 2.24) is 24.8 Å². The van der Waals surface area contributed by atoms with E-state index in [9.17, 15) is 8.78 Å². The summed E-state index contributed by atoms with van der Waals surface area (Å²) in [6.07, 6.45) is 3.36. The quantitative estimate of drug-likeness (QED) is 0.241. The third kappa shape index (κ3) is 6.20. The second-order valence-electron chi connectivity index (χ2n) is 8.34. The van der Waals surface area contributed by atoms with Crippen LogP contribution in [0.15, 0.2) is 89.6 Å². The minimum Gasteiger partial charge on any atom is -0.497 e. The zero-order chi connectivity index (χ0) is 25.6. The van der Waals surface area contributed by atoms with Crippen molar-refractivity contribution in [3.63, 3.8) is 0 Å². The van der Waals surface area contributed by atoms with Gasteiger partial charge in [0, 0.05) is 37.0 Å². The highest BCUT2D eigenvalue weighted by atomic mass is 19.1. The molecule has 5 rings (SSSR count). The molecule has 1 aromatic carbocycles. The van der Waals surface area contributed by atoms with E-state index in [1.54, 1.807) is 43.8 Å². The summed E-state index contributed by atoms with van der Waals surface area (Å²) < 4.78 is 38.6. The lowest BCUT2D eigenvalue weighted by molar-refractivity contribution is 0.237. The van der Waals surface area contributed by atoms with E-state index in [1.807, 2.05) is 41.3 Å². The maximum absolute atomic E-state index is 13.7. The molecule has 0 N–H and O–H groups in total. The molecule has 0 saturated heterocycles. The summed E-state index contributed by atoms with van der Waals surface area (Å²) in [5, 5.41) is 0. The molecule has 0 saturated carbocycles. The van der Waals surface area contributed by atoms with E-state index in [0.29, 0.717) is 42.7 Å². The van der Waals surface area contributed by atoms with Crippen LogP contribution in [0.2, 0.25) is 0 Å². The third-order valence-electron chi connectivity index (χ3n) is 5.65. The first-order valence-corrected chi connectivity index (χ1v) is 11.6. The molecule has 7 nitrogen and oxygen atoms in total. The number of ether oxygens (including phenoxy) is 1. The Balaban J connectivity index is 1.37. The number of rotatable bonds is 9. The van der Waals surface area contributed by atoms with Crippen molar-refractivity contribution in [3.8, 4) is 28.5 Å². The van der Waals surface area contributed by atoms with Gasteiger partial charge in [0.1, 0.15) is 5.75 Å². The molecule has 0 bridgehead atoms. The van der Waals surface area contributed by atoms with Gasteiger partial charge < -0.3 is 9.15 Å². The van der Waals surface area contributed by atoms with E-state index >= 15 is 0 Å². The lowest BCUT2D eigenvalue weighted by Crippen LogP contribution is -2.24. The average Bonchev–Trinajstić information content (AvgIpc) is 3.39. The average molecular weight is 500 g/mol. The van der Waals surface area contributed by atoms with Crippen molar-refractivity contribution < 1.29 is 17.9 Å². The Morgan fingerprint density at radius 2 is 1.41 bits per heavy atom. The lowest BCUT2D eigenvalue weighted by atomic mass is 10.2. The molecule has 0 radical (unpaired) electrons. The highest BCUT2D eigenvalue weighted by molar-refractivity contribution is 5.61. The Labute approximate surface area is 212 Å². The standard InChI is InChI=1S/C28H23F2N5O2/c1-36-24-10-8-19(9-11-24)25-15-32-28(37-25)20-12-13-31-23(14-20)18-35(16-21-4-2-6-26(29)33-21)17-22-5-3-7-27(30)34-22/h2-15H,16-18H2,1H3. The van der Waals surface area contributed by atoms with Crippen LogP contribution in [-0.2, 0) is 19.6 Å². The Bertz CT molecular complexity index is 1440. The number of methoxy groups -OCH3 is 1. The van der Waals surface area contributed by atoms with E-state index in [2.05, 4.69) is 19.9 Å². The summed E-state index contributed by atoms with van der Waals surface area (Å²) in [7, 11) is 1.62. The van der Waals surface area contributed by atoms with Gasteiger partial charge in [-0.1, -0.05) is 12.1 Å². The third-order valence-corrected chi connectivity index (χ3v) is 5.65. The van der Waals surface area contributed by atoms with Crippen molar-refractivity contribution in [3.05, 3.63) is 114 Å². The fourth-order valence-electron chi connectivity index (χ4n) is 3.93. The van der Waals surface area contributed by atoms with Gasteiger partial charge in [-0.05, 0) is 60.7 Å². The van der Waals surface area contributed by atoms with Crippen molar-refractivity contribution >= 4 is 0 Å². The van der Waals surface area contributed by atoms with Gasteiger partial charge >= 0.3 is 0 Å². The van der Waals surface area contributed by atoms with Crippen molar-refractivity contribution in [2.24, 2.45) is 0 Å². The fourth-order valence-corrected chi connectivity index (χ4v) is 3.93. The Morgan fingerprint density at radius 3 is 2.03 bits per heavy atom. The van der Waals surface area contributed by atoms with Crippen LogP contribution in [0, 0.1) is 11.9 Å². The first-order valence-electron chi connectivity index (χ1n) is 11.6. The molecule has 9 heteroatoms. The van der Waals surface area contributed by atoms with E-state index in [1.165, 1.54) is 12.1 Å². The fraction of sp³-hybridized carbons (Fsp3) is 0.143. The molecule has 0 spiro atoms. The number of hydrogen-bond acceptors (Lipinski definition) is 7. The second kappa shape index (κ2) is 11.0. The summed E-state index contributed by atoms with van der Waals surface area (Å²) in [4.78, 5) is 18.8. The van der Waals surface area contributed by atoms with Crippen LogP contribution < -0.4 is 4.74 Å². The van der Waals surface area contributed by atoms with Gasteiger partial charge in [-0.2, -0.15) is 8.78 Å². The van der Waals surface area contributed by atoms with E-state index in [4.69, 9.17) is 9.15 Å². The molecule has 5 aromatic rings. The number of hydrogen-bond donors (Lipinski definition) is 0. The van der Waals surface area contributed by atoms with E-state index in [-0.39, 0.29) is 0 Å². The minimum absolute atomic E-state index is 0.322. The second-order valence-corrected chi connectivity index (χ2v) is 8.34. The molecule has 4 aromatic heterocycles. The largest absolute Gasteiger partial charge is 0.497 e. The van der Waals surface area contributed by atoms with Crippen LogP contribution in [0.3, 0.4) is 0 Å². The topological polar surface area (TPSA) is 77.2 Å². The Hall–Kier alpha value is -4.50. The first-order chi connectivity index (χ1) is 18.1. The van der Waals surface area contributed by atoms with Gasteiger partial charge in [-0.25, -0.2) is 15.0 Å². The van der Waals surface area contributed by atoms with Crippen molar-refractivity contribution in [2.75, 3.05) is 7.11 Å². The van der Waals surface area contributed by atoms with Crippen molar-refractivity contribution in [1.29, 1.82) is 0 Å². The molecule has 186 valence electrons. The molecule has 0 fully saturated rings. The summed E-state index contributed by atoms with van der Waals surface area (Å²) in [6, 6.07) is 20.5. The van der Waals surface area contributed by atoms with Gasteiger partial charge in [-0.15, -0.1) is 0 Å². The highest BCUT2D eigenvalue weighted by Crippen LogP contribution is 2.27. The molecule has 0 unspecified atom stereocenters. The number of aromatic nitrogens is 4. The zero-order valence-corrected chi connectivity index (χ0v) is 20.0. The number of oxazole rings is 1. The van der Waals surface area contributed by atoms with Gasteiger partial charge in [0.25, 0.3) is 0 Å². The predicted molar refractivity (Wildman–Crippen MR) is 133 cm³/mol. The number of benzene rings is 1. The normalized spacial score (nSPS) is 11.1. The number of halogens is 2. The molecule has 4 heterocycles. The smallest absolute Gasteiger partial charge is 0.226 e. The number of pyridine rings is 3. The summed E-state index contributed by atoms with van der Waals surface area (Å²) >= 11 is 0. The van der Waals surface area contributed by atoms with Crippen LogP contribution in [0.1, 0.15) is 17.1 Å². The summed E-state index contributed by atoms with van der Waals surface area (Å²) in [5.74, 6) is 0.733. The summed E-state index contributed by atoms with van der Waals surface area (Å²) in [5.41, 5.74) is 3.46. The summed E-state index contributed by atoms with van der Waals surface area (Å²) in [6.45, 7) is 1.03. The molecule has 0 amide bonds. The SMILES string of the molecule is COc1ccc(-c2cnc(-c3ccnc(CN(Cc4cccc(F)n4)Cc4cccc(F)n4)c3)o2)cc1. The van der Waals surface area contributed by atoms with Crippen LogP contribution in [0.5, 0.6) is 5.75 Å². The van der Waals surface area contributed by atoms with E-state index in [0.717, 1.165) is 22.6 Å². The maximum Gasteiger partial charge on any atom is 0.226 e. The highest BCUT2D eigenvalue weighted by Gasteiger charge is 2.14. The zero-order valence-electron chi connectivity index (χ0n) is 20.0. The van der Waals surface area contributed by atoms with Crippen LogP contribution in [-0.4, -0.2) is 31.9 Å². The molecular weight excluding hydrogens is 476 g/mol. The molecule has 37 heavy (non-hydrogen) atoms.